The molecule has 8 bridgehead atoms. The molecule has 0 radical (unpaired) electrons. The number of carbonyl (C=O) groups excluding carboxylic acids is 2. The van der Waals surface area contributed by atoms with Gasteiger partial charge < -0.3 is 38.6 Å². The zero-order chi connectivity index (χ0) is 54.3. The van der Waals surface area contributed by atoms with E-state index in [-0.39, 0.29) is 26.4 Å². The van der Waals surface area contributed by atoms with Gasteiger partial charge in [-0.05, 0) is 141 Å². The Morgan fingerprint density at radius 3 is 0.816 bits per heavy atom. The van der Waals surface area contributed by atoms with E-state index in [2.05, 4.69) is 77.3 Å². The van der Waals surface area contributed by atoms with Crippen molar-refractivity contribution in [2.75, 3.05) is 26.4 Å². The van der Waals surface area contributed by atoms with Crippen molar-refractivity contribution >= 4 is 11.9 Å². The second-order valence-electron chi connectivity index (χ2n) is 20.7. The number of aliphatic hydroxyl groups excluding tert-OH is 2. The number of carbonyl (C=O) groups is 2. The molecule has 416 valence electrons. The number of hydrogen-bond donors (Lipinski definition) is 2. The fourth-order valence-corrected chi connectivity index (χ4v) is 10.2. The van der Waals surface area contributed by atoms with E-state index >= 15 is 0 Å². The van der Waals surface area contributed by atoms with Gasteiger partial charge in [-0.1, -0.05) is 144 Å². The number of aliphatic hydroxyl groups is 2. The van der Waals surface area contributed by atoms with Crippen LogP contribution in [0, 0.1) is 0 Å². The van der Waals surface area contributed by atoms with Crippen molar-refractivity contribution in [1.29, 1.82) is 0 Å². The molecule has 0 amide bonds. The Hall–Kier alpha value is -5.58. The Morgan fingerprint density at radius 2 is 0.605 bits per heavy atom. The van der Waals surface area contributed by atoms with Gasteiger partial charge in [0.1, 0.15) is 36.2 Å². The molecule has 1 aliphatic carbocycles. The van der Waals surface area contributed by atoms with Gasteiger partial charge in [-0.15, -0.1) is 0 Å². The van der Waals surface area contributed by atoms with Gasteiger partial charge >= 0.3 is 11.9 Å². The number of esters is 2. The van der Waals surface area contributed by atoms with Gasteiger partial charge in [-0.3, -0.25) is 0 Å². The standard InChI is InChI=1S/C66H92O10/c1-7-13-17-21-25-29-71-63-53-33-49(45-67)35-55(63)42-57-37-51(47-75-61(69)11-5)39-59(65(57)73-31-27-23-19-15-9-3)44-60-40-52(48-76-62(70)12-6)38-58(66(60)74-32-28-24-20-16-10-4)43-56-36-50(46-68)34-54(41-53)64(56)72-30-26-22-18-14-8-2/h11-12,33-40,67-68H,5-10,13-32,41-48H2,1-4H3. The van der Waals surface area contributed by atoms with Gasteiger partial charge in [0.2, 0.25) is 0 Å². The molecule has 0 spiro atoms. The van der Waals surface area contributed by atoms with E-state index < -0.39 is 11.9 Å². The SMILES string of the molecule is C=CC(=O)OCc1cc2c(OCCCCCCC)c(c1)Cc1cc(COC(=O)C=C)cc(c1OCCCCCCC)Cc1cc(CO)cc(c1OCCCCCCC)Cc1cc(CO)cc(c1OCCCCCCC)C2. The highest BCUT2D eigenvalue weighted by Gasteiger charge is 2.25. The summed E-state index contributed by atoms with van der Waals surface area (Å²) >= 11 is 0. The van der Waals surface area contributed by atoms with Crippen LogP contribution >= 0.6 is 0 Å². The van der Waals surface area contributed by atoms with Gasteiger partial charge in [0.05, 0.1) is 39.6 Å². The Balaban J connectivity index is 1.85. The van der Waals surface area contributed by atoms with E-state index in [1.807, 2.05) is 12.1 Å². The van der Waals surface area contributed by atoms with Crippen LogP contribution < -0.4 is 18.9 Å². The molecule has 0 aliphatic heterocycles. The predicted octanol–water partition coefficient (Wildman–Crippen LogP) is 15.2. The number of ether oxygens (including phenoxy) is 6. The van der Waals surface area contributed by atoms with Crippen molar-refractivity contribution in [3.8, 4) is 23.0 Å². The summed E-state index contributed by atoms with van der Waals surface area (Å²) in [5, 5.41) is 22.0. The lowest BCUT2D eigenvalue weighted by molar-refractivity contribution is -0.139. The molecule has 76 heavy (non-hydrogen) atoms. The van der Waals surface area contributed by atoms with Crippen LogP contribution in [0.1, 0.15) is 223 Å². The minimum Gasteiger partial charge on any atom is -0.493 e. The van der Waals surface area contributed by atoms with Crippen LogP contribution in [-0.2, 0) is 71.2 Å². The molecule has 0 aromatic heterocycles. The zero-order valence-electron chi connectivity index (χ0n) is 47.0. The molecular formula is C66H92O10. The van der Waals surface area contributed by atoms with Gasteiger partial charge in [0.25, 0.3) is 0 Å². The van der Waals surface area contributed by atoms with Crippen LogP contribution in [0.4, 0.5) is 0 Å². The van der Waals surface area contributed by atoms with Gasteiger partial charge in [0, 0.05) is 37.8 Å². The summed E-state index contributed by atoms with van der Waals surface area (Å²) in [5.74, 6) is 1.96. The van der Waals surface area contributed by atoms with Crippen LogP contribution in [0.15, 0.2) is 73.8 Å². The Bertz CT molecular complexity index is 2250. The summed E-state index contributed by atoms with van der Waals surface area (Å²) in [4.78, 5) is 25.4. The molecule has 10 nitrogen and oxygen atoms in total. The molecule has 0 unspecified atom stereocenters. The molecule has 0 fully saturated rings. The number of rotatable bonds is 36. The Labute approximate surface area is 456 Å². The average molecular weight is 1050 g/mol. The van der Waals surface area contributed by atoms with Crippen molar-refractivity contribution < 1.29 is 48.2 Å². The fraction of sp³-hybridized carbons (Fsp3) is 0.545. The topological polar surface area (TPSA) is 130 Å². The van der Waals surface area contributed by atoms with Gasteiger partial charge in [0.15, 0.2) is 0 Å². The number of hydrogen-bond acceptors (Lipinski definition) is 10. The Morgan fingerprint density at radius 1 is 0.382 bits per heavy atom. The van der Waals surface area contributed by atoms with E-state index in [9.17, 15) is 19.8 Å². The zero-order valence-corrected chi connectivity index (χ0v) is 47.0. The van der Waals surface area contributed by atoms with Crippen LogP contribution in [0.5, 0.6) is 23.0 Å². The van der Waals surface area contributed by atoms with E-state index in [4.69, 9.17) is 28.4 Å². The van der Waals surface area contributed by atoms with E-state index in [0.717, 1.165) is 192 Å². The van der Waals surface area contributed by atoms with E-state index in [0.29, 0.717) is 52.1 Å². The summed E-state index contributed by atoms with van der Waals surface area (Å²) < 4.78 is 39.6. The summed E-state index contributed by atoms with van der Waals surface area (Å²) in [5.41, 5.74) is 10.2. The van der Waals surface area contributed by atoms with Gasteiger partial charge in [-0.25, -0.2) is 9.59 Å². The maximum Gasteiger partial charge on any atom is 0.330 e. The first kappa shape index (κ1) is 61.3. The second kappa shape index (κ2) is 35.0. The maximum atomic E-state index is 12.7. The molecule has 5 rings (SSSR count). The minimum absolute atomic E-state index is 0.0122. The maximum absolute atomic E-state index is 12.7. The molecule has 4 aromatic rings. The smallest absolute Gasteiger partial charge is 0.330 e. The first-order valence-electron chi connectivity index (χ1n) is 29.1. The highest BCUT2D eigenvalue weighted by Crippen LogP contribution is 2.41. The summed E-state index contributed by atoms with van der Waals surface area (Å²) in [6.45, 7) is 17.9. The normalized spacial score (nSPS) is 12.0. The minimum atomic E-state index is -0.520. The van der Waals surface area contributed by atoms with Crippen molar-refractivity contribution in [1.82, 2.24) is 0 Å². The van der Waals surface area contributed by atoms with Crippen molar-refractivity contribution in [2.45, 2.75) is 208 Å². The van der Waals surface area contributed by atoms with Crippen LogP contribution in [0.25, 0.3) is 0 Å². The molecule has 1 aliphatic rings. The third-order valence-electron chi connectivity index (χ3n) is 14.2. The average Bonchev–Trinajstić information content (AvgIpc) is 3.42. The first-order chi connectivity index (χ1) is 37.2. The fourth-order valence-electron chi connectivity index (χ4n) is 10.2. The number of fused-ring (bicyclic) bond motifs is 8. The van der Waals surface area contributed by atoms with Crippen LogP contribution in [0.2, 0.25) is 0 Å². The molecule has 0 heterocycles. The lowest BCUT2D eigenvalue weighted by Crippen LogP contribution is -2.13. The lowest BCUT2D eigenvalue weighted by atomic mass is 9.88. The van der Waals surface area contributed by atoms with Crippen molar-refractivity contribution in [3.63, 3.8) is 0 Å². The number of benzene rings is 4. The first-order valence-corrected chi connectivity index (χ1v) is 29.1. The van der Waals surface area contributed by atoms with Crippen molar-refractivity contribution in [2.24, 2.45) is 0 Å². The monoisotopic (exact) mass is 1040 g/mol. The third kappa shape index (κ3) is 20.1. The number of unbranched alkanes of at least 4 members (excludes halogenated alkanes) is 16. The second-order valence-corrected chi connectivity index (χ2v) is 20.7. The molecule has 0 atom stereocenters. The molecule has 0 saturated carbocycles. The molecule has 0 saturated heterocycles. The molecule has 2 N–H and O–H groups in total. The molecule has 4 aromatic carbocycles. The highest BCUT2D eigenvalue weighted by atomic mass is 16.5. The summed E-state index contributed by atoms with van der Waals surface area (Å²) in [6.07, 6.45) is 25.5. The third-order valence-corrected chi connectivity index (χ3v) is 14.2. The van der Waals surface area contributed by atoms with Crippen molar-refractivity contribution in [3.05, 3.63) is 141 Å². The molecule has 10 heteroatoms. The van der Waals surface area contributed by atoms with Gasteiger partial charge in [-0.2, -0.15) is 0 Å². The molecular weight excluding hydrogens is 953 g/mol. The van der Waals surface area contributed by atoms with Crippen LogP contribution in [0.3, 0.4) is 0 Å². The highest BCUT2D eigenvalue weighted by molar-refractivity contribution is 5.81. The summed E-state index contributed by atoms with van der Waals surface area (Å²) in [6, 6.07) is 16.5. The quantitative estimate of drug-likeness (QED) is 0.0227. The van der Waals surface area contributed by atoms with E-state index in [1.165, 1.54) is 37.8 Å². The predicted molar refractivity (Wildman–Crippen MR) is 306 cm³/mol. The van der Waals surface area contributed by atoms with Crippen LogP contribution in [-0.4, -0.2) is 48.6 Å². The largest absolute Gasteiger partial charge is 0.493 e. The summed E-state index contributed by atoms with van der Waals surface area (Å²) in [7, 11) is 0. The van der Waals surface area contributed by atoms with E-state index in [1.54, 1.807) is 0 Å². The Kier molecular flexibility index (Phi) is 28.2. The lowest BCUT2D eigenvalue weighted by Gasteiger charge is -2.25.